The number of likely N-dealkylation sites (tertiary alicyclic amines) is 1. The van der Waals surface area contributed by atoms with Gasteiger partial charge in [-0.05, 0) is 12.5 Å². The van der Waals surface area contributed by atoms with Gasteiger partial charge in [0.25, 0.3) is 0 Å². The van der Waals surface area contributed by atoms with Crippen LogP contribution in [0.2, 0.25) is 0 Å². The van der Waals surface area contributed by atoms with Crippen LogP contribution in [0.3, 0.4) is 0 Å². The van der Waals surface area contributed by atoms with Crippen LogP contribution >= 0.6 is 0 Å². The van der Waals surface area contributed by atoms with Crippen LogP contribution in [0.5, 0.6) is 5.88 Å². The maximum Gasteiger partial charge on any atom is 0.326 e. The van der Waals surface area contributed by atoms with Gasteiger partial charge in [0.05, 0.1) is 19.3 Å². The fraction of sp³-hybridized carbons (Fsp3) is 0.417. The average molecular weight is 250 g/mol. The molecule has 96 valence electrons. The van der Waals surface area contributed by atoms with Gasteiger partial charge in [-0.2, -0.15) is 0 Å². The molecule has 0 radical (unpaired) electrons. The van der Waals surface area contributed by atoms with Gasteiger partial charge in [0.1, 0.15) is 6.04 Å². The molecule has 1 aromatic heterocycles. The Kier molecular flexibility index (Phi) is 3.45. The molecule has 1 aromatic rings. The van der Waals surface area contributed by atoms with E-state index in [-0.39, 0.29) is 18.9 Å². The number of hydrogen-bond donors (Lipinski definition) is 1. The second-order valence-corrected chi connectivity index (χ2v) is 4.09. The number of hydrogen-bond acceptors (Lipinski definition) is 4. The number of carboxylic acids is 1. The summed E-state index contributed by atoms with van der Waals surface area (Å²) in [7, 11) is 1.51. The van der Waals surface area contributed by atoms with Crippen molar-refractivity contribution in [1.29, 1.82) is 0 Å². The van der Waals surface area contributed by atoms with E-state index in [0.29, 0.717) is 18.0 Å². The molecule has 1 aliphatic rings. The van der Waals surface area contributed by atoms with Crippen LogP contribution in [0.1, 0.15) is 18.5 Å². The monoisotopic (exact) mass is 250 g/mol. The van der Waals surface area contributed by atoms with Gasteiger partial charge in [-0.1, -0.05) is 6.07 Å². The predicted octanol–water partition coefficient (Wildman–Crippen LogP) is 0.666. The SMILES string of the molecule is COc1cccc(CN2C(=O)CCC2C(=O)O)n1. The lowest BCUT2D eigenvalue weighted by Gasteiger charge is -2.21. The van der Waals surface area contributed by atoms with Crippen molar-refractivity contribution in [2.75, 3.05) is 7.11 Å². The number of amides is 1. The van der Waals surface area contributed by atoms with Crippen LogP contribution in [-0.2, 0) is 16.1 Å². The zero-order valence-corrected chi connectivity index (χ0v) is 10.00. The summed E-state index contributed by atoms with van der Waals surface area (Å²) in [5, 5.41) is 9.04. The summed E-state index contributed by atoms with van der Waals surface area (Å²) in [6, 6.07) is 4.46. The van der Waals surface area contributed by atoms with Gasteiger partial charge in [0, 0.05) is 12.5 Å². The molecule has 0 spiro atoms. The van der Waals surface area contributed by atoms with Gasteiger partial charge < -0.3 is 14.7 Å². The first-order valence-electron chi connectivity index (χ1n) is 5.64. The summed E-state index contributed by atoms with van der Waals surface area (Å²) >= 11 is 0. The van der Waals surface area contributed by atoms with Crippen LogP contribution in [0.25, 0.3) is 0 Å². The Hall–Kier alpha value is -2.11. The molecule has 1 amide bonds. The van der Waals surface area contributed by atoms with E-state index in [4.69, 9.17) is 9.84 Å². The maximum atomic E-state index is 11.7. The summed E-state index contributed by atoms with van der Waals surface area (Å²) in [4.78, 5) is 28.2. The van der Waals surface area contributed by atoms with Crippen LogP contribution < -0.4 is 4.74 Å². The van der Waals surface area contributed by atoms with Crippen molar-refractivity contribution in [1.82, 2.24) is 9.88 Å². The Labute approximate surface area is 104 Å². The smallest absolute Gasteiger partial charge is 0.326 e. The second kappa shape index (κ2) is 5.03. The molecule has 0 saturated carbocycles. The van der Waals surface area contributed by atoms with Crippen molar-refractivity contribution in [3.05, 3.63) is 23.9 Å². The van der Waals surface area contributed by atoms with Gasteiger partial charge in [0.15, 0.2) is 0 Å². The molecule has 1 atom stereocenters. The minimum absolute atomic E-state index is 0.146. The Morgan fingerprint density at radius 3 is 3.06 bits per heavy atom. The van der Waals surface area contributed by atoms with Crippen molar-refractivity contribution in [2.24, 2.45) is 0 Å². The molecule has 2 heterocycles. The van der Waals surface area contributed by atoms with Gasteiger partial charge >= 0.3 is 5.97 Å². The summed E-state index contributed by atoms with van der Waals surface area (Å²) in [5.41, 5.74) is 0.621. The molecule has 6 heteroatoms. The average Bonchev–Trinajstić information content (AvgIpc) is 2.71. The molecule has 1 N–H and O–H groups in total. The van der Waals surface area contributed by atoms with E-state index in [1.807, 2.05) is 0 Å². The van der Waals surface area contributed by atoms with E-state index >= 15 is 0 Å². The summed E-state index contributed by atoms with van der Waals surface area (Å²) in [6.07, 6.45) is 0.638. The van der Waals surface area contributed by atoms with E-state index < -0.39 is 12.0 Å². The van der Waals surface area contributed by atoms with Crippen LogP contribution in [0.15, 0.2) is 18.2 Å². The lowest BCUT2D eigenvalue weighted by atomic mass is 10.2. The summed E-state index contributed by atoms with van der Waals surface area (Å²) < 4.78 is 4.99. The highest BCUT2D eigenvalue weighted by Gasteiger charge is 2.36. The first-order chi connectivity index (χ1) is 8.61. The highest BCUT2D eigenvalue weighted by molar-refractivity contribution is 5.87. The zero-order chi connectivity index (χ0) is 13.1. The Morgan fingerprint density at radius 2 is 2.39 bits per heavy atom. The number of aliphatic carboxylic acids is 1. The number of carbonyl (C=O) groups excluding carboxylic acids is 1. The van der Waals surface area contributed by atoms with Gasteiger partial charge in [-0.3, -0.25) is 4.79 Å². The number of methoxy groups -OCH3 is 1. The number of carboxylic acid groups (broad SMARTS) is 1. The Morgan fingerprint density at radius 1 is 1.61 bits per heavy atom. The lowest BCUT2D eigenvalue weighted by molar-refractivity contribution is -0.146. The third-order valence-electron chi connectivity index (χ3n) is 2.94. The van der Waals surface area contributed by atoms with Crippen LogP contribution in [0.4, 0.5) is 0 Å². The topological polar surface area (TPSA) is 79.7 Å². The standard InChI is InChI=1S/C12H14N2O4/c1-18-10-4-2-3-8(13-10)7-14-9(12(16)17)5-6-11(14)15/h2-4,9H,5-7H2,1H3,(H,16,17). The highest BCUT2D eigenvalue weighted by Crippen LogP contribution is 2.21. The summed E-state index contributed by atoms with van der Waals surface area (Å²) in [5.74, 6) is -0.665. The van der Waals surface area contributed by atoms with Crippen molar-refractivity contribution in [3.8, 4) is 5.88 Å². The molecule has 2 rings (SSSR count). The Bertz CT molecular complexity index is 475. The maximum absolute atomic E-state index is 11.7. The predicted molar refractivity (Wildman–Crippen MR) is 62.0 cm³/mol. The Balaban J connectivity index is 2.16. The molecule has 0 bridgehead atoms. The molecule has 1 saturated heterocycles. The number of aromatic nitrogens is 1. The van der Waals surface area contributed by atoms with Gasteiger partial charge in [-0.25, -0.2) is 9.78 Å². The van der Waals surface area contributed by atoms with E-state index in [1.165, 1.54) is 12.0 Å². The normalized spacial score (nSPS) is 19.1. The molecular weight excluding hydrogens is 236 g/mol. The number of carbonyl (C=O) groups is 2. The molecule has 0 aromatic carbocycles. The number of pyridine rings is 1. The van der Waals surface area contributed by atoms with E-state index in [0.717, 1.165) is 0 Å². The molecule has 0 aliphatic carbocycles. The fourth-order valence-electron chi connectivity index (χ4n) is 2.02. The van der Waals surface area contributed by atoms with Crippen molar-refractivity contribution in [2.45, 2.75) is 25.4 Å². The summed E-state index contributed by atoms with van der Waals surface area (Å²) in [6.45, 7) is 0.201. The van der Waals surface area contributed by atoms with Crippen LogP contribution in [-0.4, -0.2) is 40.0 Å². The number of rotatable bonds is 4. The van der Waals surface area contributed by atoms with Gasteiger partial charge in [0.2, 0.25) is 11.8 Å². The molecule has 1 aliphatic heterocycles. The molecule has 6 nitrogen and oxygen atoms in total. The number of ether oxygens (including phenoxy) is 1. The first-order valence-corrected chi connectivity index (χ1v) is 5.64. The second-order valence-electron chi connectivity index (χ2n) is 4.09. The molecular formula is C12H14N2O4. The minimum atomic E-state index is -0.969. The van der Waals surface area contributed by atoms with E-state index in [1.54, 1.807) is 18.2 Å². The largest absolute Gasteiger partial charge is 0.481 e. The van der Waals surface area contributed by atoms with Crippen molar-refractivity contribution >= 4 is 11.9 Å². The molecule has 1 unspecified atom stereocenters. The lowest BCUT2D eigenvalue weighted by Crippen LogP contribution is -2.38. The number of nitrogens with zero attached hydrogens (tertiary/aromatic N) is 2. The third-order valence-corrected chi connectivity index (χ3v) is 2.94. The third kappa shape index (κ3) is 2.42. The fourth-order valence-corrected chi connectivity index (χ4v) is 2.02. The zero-order valence-electron chi connectivity index (χ0n) is 10.00. The highest BCUT2D eigenvalue weighted by atomic mass is 16.5. The van der Waals surface area contributed by atoms with E-state index in [2.05, 4.69) is 4.98 Å². The van der Waals surface area contributed by atoms with Crippen LogP contribution in [0, 0.1) is 0 Å². The molecule has 1 fully saturated rings. The van der Waals surface area contributed by atoms with Gasteiger partial charge in [-0.15, -0.1) is 0 Å². The van der Waals surface area contributed by atoms with Crippen molar-refractivity contribution < 1.29 is 19.4 Å². The van der Waals surface area contributed by atoms with Crippen molar-refractivity contribution in [3.63, 3.8) is 0 Å². The minimum Gasteiger partial charge on any atom is -0.481 e. The quantitative estimate of drug-likeness (QED) is 0.849. The van der Waals surface area contributed by atoms with E-state index in [9.17, 15) is 9.59 Å². The molecule has 18 heavy (non-hydrogen) atoms. The first kappa shape index (κ1) is 12.3.